The van der Waals surface area contributed by atoms with Gasteiger partial charge in [-0.05, 0) is 77.0 Å². The summed E-state index contributed by atoms with van der Waals surface area (Å²) in [5.74, 6) is -2.71. The molecule has 0 heterocycles. The van der Waals surface area contributed by atoms with Crippen molar-refractivity contribution in [1.82, 2.24) is 0 Å². The number of quaternary nitrogens is 2. The first-order valence-electron chi connectivity index (χ1n) is 25.9. The van der Waals surface area contributed by atoms with Crippen LogP contribution in [0.25, 0.3) is 0 Å². The summed E-state index contributed by atoms with van der Waals surface area (Å²) in [4.78, 5) is 29.3. The average molecular weight is 807 g/mol. The molecule has 0 saturated heterocycles. The zero-order valence-corrected chi connectivity index (χ0v) is 39.7. The number of carboxylic acids is 2. The van der Waals surface area contributed by atoms with Crippen LogP contribution in [0.3, 0.4) is 0 Å². The van der Waals surface area contributed by atoms with Crippen LogP contribution in [0.4, 0.5) is 0 Å². The molecule has 6 nitrogen and oxygen atoms in total. The van der Waals surface area contributed by atoms with Gasteiger partial charge in [-0.3, -0.25) is 8.97 Å². The number of nitrogens with zero attached hydrogens (tertiary/aromatic N) is 2. The Balaban J connectivity index is 7.59. The highest BCUT2D eigenvalue weighted by molar-refractivity contribution is 5.97. The Kier molecular flexibility index (Phi) is 37.1. The number of aliphatic carboxylic acids is 2. The number of unbranched alkanes of at least 4 members (excludes halogenated alkanes) is 30. The largest absolute Gasteiger partial charge is 0.539 e. The number of carbonyl (C=O) groups excluding carboxylic acids is 2. The highest BCUT2D eigenvalue weighted by atomic mass is 16.4. The van der Waals surface area contributed by atoms with Gasteiger partial charge in [0.2, 0.25) is 0 Å². The lowest BCUT2D eigenvalue weighted by Crippen LogP contribution is -2.90. The minimum atomic E-state index is -2.12. The molecule has 0 bridgehead atoms. The quantitative estimate of drug-likeness (QED) is 0.0266. The molecular formula is C51H102N2O4. The molecule has 0 unspecified atom stereocenters. The van der Waals surface area contributed by atoms with Gasteiger partial charge in [-0.2, -0.15) is 0 Å². The second-order valence-electron chi connectivity index (χ2n) is 18.5. The first kappa shape index (κ1) is 55.9. The molecular weight excluding hydrogens is 705 g/mol. The van der Waals surface area contributed by atoms with E-state index in [2.05, 4.69) is 41.5 Å². The van der Waals surface area contributed by atoms with E-state index in [1.54, 1.807) is 0 Å². The molecule has 0 radical (unpaired) electrons. The van der Waals surface area contributed by atoms with Crippen molar-refractivity contribution >= 4 is 11.9 Å². The summed E-state index contributed by atoms with van der Waals surface area (Å²) < 4.78 is 0.239. The molecule has 0 aromatic carbocycles. The van der Waals surface area contributed by atoms with Gasteiger partial charge < -0.3 is 19.8 Å². The van der Waals surface area contributed by atoms with Crippen LogP contribution in [0.2, 0.25) is 0 Å². The summed E-state index contributed by atoms with van der Waals surface area (Å²) in [5, 5.41) is 29.3. The zero-order chi connectivity index (χ0) is 42.4. The van der Waals surface area contributed by atoms with Crippen LogP contribution >= 0.6 is 0 Å². The van der Waals surface area contributed by atoms with E-state index in [9.17, 15) is 19.8 Å². The van der Waals surface area contributed by atoms with Gasteiger partial charge in [0, 0.05) is 0 Å². The first-order valence-corrected chi connectivity index (χ1v) is 25.9. The van der Waals surface area contributed by atoms with E-state index in [0.29, 0.717) is 39.3 Å². The van der Waals surface area contributed by atoms with Crippen LogP contribution in [-0.4, -0.2) is 65.8 Å². The summed E-state index contributed by atoms with van der Waals surface area (Å²) in [6, 6.07) is 0. The maximum Gasteiger partial charge on any atom is 0.308 e. The van der Waals surface area contributed by atoms with Crippen molar-refractivity contribution in [3.05, 3.63) is 0 Å². The van der Waals surface area contributed by atoms with E-state index in [-0.39, 0.29) is 8.97 Å². The van der Waals surface area contributed by atoms with Gasteiger partial charge in [-0.1, -0.05) is 196 Å². The number of rotatable bonds is 46. The third-order valence-electron chi connectivity index (χ3n) is 13.6. The number of hydrogen-bond donors (Lipinski definition) is 0. The molecule has 0 amide bonds. The fraction of sp³-hybridized carbons (Fsp3) is 0.961. The molecule has 6 heteroatoms. The predicted molar refractivity (Wildman–Crippen MR) is 243 cm³/mol. The van der Waals surface area contributed by atoms with E-state index in [1.807, 2.05) is 0 Å². The van der Waals surface area contributed by atoms with E-state index >= 15 is 0 Å². The summed E-state index contributed by atoms with van der Waals surface area (Å²) in [6.07, 6.45) is 39.6. The third-order valence-corrected chi connectivity index (χ3v) is 13.6. The zero-order valence-electron chi connectivity index (χ0n) is 39.7. The molecule has 0 atom stereocenters. The average Bonchev–Trinajstić information content (AvgIpc) is 3.19. The van der Waals surface area contributed by atoms with Gasteiger partial charge in [0.05, 0.1) is 39.3 Å². The van der Waals surface area contributed by atoms with Gasteiger partial charge in [0.1, 0.15) is 0 Å². The lowest BCUT2D eigenvalue weighted by atomic mass is 9.91. The lowest BCUT2D eigenvalue weighted by Gasteiger charge is -2.62. The molecule has 0 aromatic rings. The van der Waals surface area contributed by atoms with Crippen LogP contribution in [0.1, 0.15) is 273 Å². The molecule has 0 aliphatic heterocycles. The predicted octanol–water partition coefficient (Wildman–Crippen LogP) is 13.0. The lowest BCUT2D eigenvalue weighted by molar-refractivity contribution is -1.15. The minimum Gasteiger partial charge on any atom is -0.539 e. The number of carboxylic acid groups (broad SMARTS) is 2. The Hall–Kier alpha value is -1.14. The maximum atomic E-state index is 14.6. The standard InChI is InChI=1S/C51H102N2O4/c1-7-13-19-25-31-37-43-52(44-38-32-26-20-14-8-2,45-39-33-27-21-15-9-3)51(49(54)55,50(56)57)53(46-40-34-28-22-16-10-4,47-41-35-29-23-17-11-5)48-42-36-30-24-18-12-6/h7-48H2,1-6H3. The molecule has 0 saturated carbocycles. The van der Waals surface area contributed by atoms with Gasteiger partial charge in [0.25, 0.3) is 0 Å². The fourth-order valence-electron chi connectivity index (χ4n) is 10.1. The highest BCUT2D eigenvalue weighted by Gasteiger charge is 2.66. The van der Waals surface area contributed by atoms with Crippen molar-refractivity contribution in [3.8, 4) is 0 Å². The van der Waals surface area contributed by atoms with Gasteiger partial charge in [0.15, 0.2) is 11.9 Å². The summed E-state index contributed by atoms with van der Waals surface area (Å²) >= 11 is 0. The van der Waals surface area contributed by atoms with Gasteiger partial charge >= 0.3 is 5.66 Å². The second kappa shape index (κ2) is 37.8. The van der Waals surface area contributed by atoms with Crippen LogP contribution in [-0.2, 0) is 9.59 Å². The maximum absolute atomic E-state index is 14.6. The highest BCUT2D eigenvalue weighted by Crippen LogP contribution is 2.40. The van der Waals surface area contributed by atoms with Crippen molar-refractivity contribution in [1.29, 1.82) is 0 Å². The summed E-state index contributed by atoms with van der Waals surface area (Å²) in [5.41, 5.74) is -2.12. The molecule has 0 aromatic heterocycles. The van der Waals surface area contributed by atoms with E-state index < -0.39 is 17.6 Å². The summed E-state index contributed by atoms with van der Waals surface area (Å²) in [7, 11) is 0. The molecule has 0 fully saturated rings. The molecule has 0 rings (SSSR count). The third kappa shape index (κ3) is 22.3. The van der Waals surface area contributed by atoms with Crippen molar-refractivity contribution in [2.75, 3.05) is 39.3 Å². The molecule has 0 spiro atoms. The Labute approximate surface area is 357 Å². The number of hydrogen-bond acceptors (Lipinski definition) is 4. The molecule has 57 heavy (non-hydrogen) atoms. The van der Waals surface area contributed by atoms with E-state index in [1.165, 1.54) is 116 Å². The van der Waals surface area contributed by atoms with Gasteiger partial charge in [-0.15, -0.1) is 0 Å². The molecule has 0 aliphatic carbocycles. The Bertz CT molecular complexity index is 754. The van der Waals surface area contributed by atoms with Crippen LogP contribution < -0.4 is 10.2 Å². The number of carbonyl (C=O) groups is 2. The molecule has 0 aliphatic rings. The van der Waals surface area contributed by atoms with E-state index in [4.69, 9.17) is 0 Å². The minimum absolute atomic E-state index is 0.120. The molecule has 0 N–H and O–H groups in total. The summed E-state index contributed by atoms with van der Waals surface area (Å²) in [6.45, 7) is 17.0. The Morgan fingerprint density at radius 3 is 0.561 bits per heavy atom. The van der Waals surface area contributed by atoms with Crippen molar-refractivity contribution in [3.63, 3.8) is 0 Å². The van der Waals surface area contributed by atoms with Gasteiger partial charge in [-0.25, -0.2) is 0 Å². The van der Waals surface area contributed by atoms with Crippen LogP contribution in [0.5, 0.6) is 0 Å². The molecule has 340 valence electrons. The second-order valence-corrected chi connectivity index (χ2v) is 18.5. The smallest absolute Gasteiger partial charge is 0.308 e. The van der Waals surface area contributed by atoms with Crippen molar-refractivity contribution < 1.29 is 28.8 Å². The van der Waals surface area contributed by atoms with Crippen LogP contribution in [0, 0.1) is 0 Å². The topological polar surface area (TPSA) is 80.3 Å². The Morgan fingerprint density at radius 2 is 0.421 bits per heavy atom. The Morgan fingerprint density at radius 1 is 0.281 bits per heavy atom. The monoisotopic (exact) mass is 807 g/mol. The van der Waals surface area contributed by atoms with Crippen molar-refractivity contribution in [2.24, 2.45) is 0 Å². The normalized spacial score (nSPS) is 12.5. The van der Waals surface area contributed by atoms with Crippen molar-refractivity contribution in [2.45, 2.75) is 278 Å². The van der Waals surface area contributed by atoms with E-state index in [0.717, 1.165) is 116 Å². The fourth-order valence-corrected chi connectivity index (χ4v) is 10.1. The van der Waals surface area contributed by atoms with Crippen LogP contribution in [0.15, 0.2) is 0 Å². The first-order chi connectivity index (χ1) is 27.8. The SMILES string of the molecule is CCCCCCCC[N+](CCCCCCCC)(CCCCCCCC)C(C(=O)[O-])(C(=O)[O-])[N+](CCCCCCCC)(CCCCCCCC)CCCCCCCC.